The molecule has 1 amide bonds. The van der Waals surface area contributed by atoms with E-state index in [9.17, 15) is 18.8 Å². The predicted molar refractivity (Wildman–Crippen MR) is 123 cm³/mol. The first kappa shape index (κ1) is 22.7. The van der Waals surface area contributed by atoms with Gasteiger partial charge in [0, 0.05) is 23.2 Å². The van der Waals surface area contributed by atoms with Gasteiger partial charge in [0.25, 0.3) is 5.91 Å². The van der Waals surface area contributed by atoms with Crippen molar-refractivity contribution in [3.8, 4) is 5.75 Å². The van der Waals surface area contributed by atoms with Crippen LogP contribution >= 0.6 is 0 Å². The molecule has 0 aliphatic carbocycles. The third kappa shape index (κ3) is 5.66. The first-order chi connectivity index (χ1) is 16.4. The third-order valence-electron chi connectivity index (χ3n) is 4.96. The Balaban J connectivity index is 1.30. The van der Waals surface area contributed by atoms with E-state index in [0.717, 1.165) is 22.6 Å². The maximum Gasteiger partial charge on any atom is 0.338 e. The van der Waals surface area contributed by atoms with Gasteiger partial charge in [-0.1, -0.05) is 18.2 Å². The highest BCUT2D eigenvalue weighted by Crippen LogP contribution is 2.23. The van der Waals surface area contributed by atoms with Crippen LogP contribution in [0, 0.1) is 12.7 Å². The van der Waals surface area contributed by atoms with Gasteiger partial charge in [0.1, 0.15) is 23.8 Å². The third-order valence-corrected chi connectivity index (χ3v) is 4.96. The van der Waals surface area contributed by atoms with Crippen LogP contribution in [0.3, 0.4) is 0 Å². The fraction of sp³-hybridized carbons (Fsp3) is 0.115. The van der Waals surface area contributed by atoms with E-state index in [1.807, 2.05) is 13.0 Å². The number of carbonyl (C=O) groups is 2. The molecule has 172 valence electrons. The average Bonchev–Trinajstić information content (AvgIpc) is 2.81. The zero-order valence-electron chi connectivity index (χ0n) is 18.2. The van der Waals surface area contributed by atoms with E-state index in [-0.39, 0.29) is 17.9 Å². The quantitative estimate of drug-likeness (QED) is 0.319. The molecule has 0 unspecified atom stereocenters. The normalized spacial score (nSPS) is 10.6. The molecule has 4 aromatic rings. The van der Waals surface area contributed by atoms with Gasteiger partial charge in [0.05, 0.1) is 5.56 Å². The summed E-state index contributed by atoms with van der Waals surface area (Å²) in [5.74, 6) is -1.19. The van der Waals surface area contributed by atoms with Crippen LogP contribution in [-0.4, -0.2) is 18.5 Å². The summed E-state index contributed by atoms with van der Waals surface area (Å²) >= 11 is 0. The Morgan fingerprint density at radius 1 is 1.00 bits per heavy atom. The van der Waals surface area contributed by atoms with Crippen molar-refractivity contribution in [1.82, 2.24) is 0 Å². The fourth-order valence-corrected chi connectivity index (χ4v) is 3.28. The van der Waals surface area contributed by atoms with Gasteiger partial charge >= 0.3 is 11.6 Å². The van der Waals surface area contributed by atoms with E-state index < -0.39 is 29.9 Å². The minimum absolute atomic E-state index is 0.229. The Labute approximate surface area is 193 Å². The second-order valence-electron chi connectivity index (χ2n) is 7.53. The molecule has 1 N–H and O–H groups in total. The highest BCUT2D eigenvalue weighted by atomic mass is 19.1. The van der Waals surface area contributed by atoms with Crippen molar-refractivity contribution in [3.63, 3.8) is 0 Å². The molecular formula is C26H20FNO6. The zero-order valence-corrected chi connectivity index (χ0v) is 18.2. The lowest BCUT2D eigenvalue weighted by Gasteiger charge is -2.09. The highest BCUT2D eigenvalue weighted by molar-refractivity contribution is 5.95. The number of amides is 1. The number of nitrogens with one attached hydrogen (secondary N) is 1. The van der Waals surface area contributed by atoms with Crippen LogP contribution < -0.4 is 15.7 Å². The Hall–Kier alpha value is -4.46. The van der Waals surface area contributed by atoms with Crippen molar-refractivity contribution in [2.24, 2.45) is 0 Å². The summed E-state index contributed by atoms with van der Waals surface area (Å²) in [6, 6.07) is 18.6. The lowest BCUT2D eigenvalue weighted by Crippen LogP contribution is -2.21. The van der Waals surface area contributed by atoms with Crippen LogP contribution in [0.1, 0.15) is 21.5 Å². The molecule has 0 saturated heterocycles. The molecule has 34 heavy (non-hydrogen) atoms. The topological polar surface area (TPSA) is 94.8 Å². The predicted octanol–water partition coefficient (Wildman–Crippen LogP) is 4.62. The summed E-state index contributed by atoms with van der Waals surface area (Å²) < 4.78 is 29.2. The first-order valence-electron chi connectivity index (χ1n) is 10.4. The van der Waals surface area contributed by atoms with E-state index in [4.69, 9.17) is 13.9 Å². The van der Waals surface area contributed by atoms with Gasteiger partial charge in [-0.05, 0) is 60.5 Å². The molecule has 0 aliphatic rings. The van der Waals surface area contributed by atoms with Crippen LogP contribution in [0.25, 0.3) is 11.0 Å². The number of aryl methyl sites for hydroxylation is 1. The first-order valence-corrected chi connectivity index (χ1v) is 10.4. The molecule has 0 aliphatic heterocycles. The van der Waals surface area contributed by atoms with Crippen LogP contribution in [-0.2, 0) is 16.1 Å². The minimum Gasteiger partial charge on any atom is -0.489 e. The monoisotopic (exact) mass is 461 g/mol. The van der Waals surface area contributed by atoms with Crippen LogP contribution in [0.4, 0.5) is 10.1 Å². The molecule has 7 nitrogen and oxygen atoms in total. The molecule has 0 saturated carbocycles. The molecular weight excluding hydrogens is 441 g/mol. The summed E-state index contributed by atoms with van der Waals surface area (Å²) in [5, 5.41) is 3.28. The van der Waals surface area contributed by atoms with Gasteiger partial charge in [-0.2, -0.15) is 0 Å². The van der Waals surface area contributed by atoms with Crippen molar-refractivity contribution in [2.45, 2.75) is 13.5 Å². The Morgan fingerprint density at radius 2 is 1.79 bits per heavy atom. The maximum absolute atomic E-state index is 13.2. The molecule has 0 radical (unpaired) electrons. The van der Waals surface area contributed by atoms with Gasteiger partial charge in [0.2, 0.25) is 0 Å². The Kier molecular flexibility index (Phi) is 6.68. The lowest BCUT2D eigenvalue weighted by atomic mass is 10.1. The zero-order chi connectivity index (χ0) is 24.1. The number of esters is 1. The highest BCUT2D eigenvalue weighted by Gasteiger charge is 2.11. The molecule has 0 atom stereocenters. The molecule has 1 aromatic heterocycles. The van der Waals surface area contributed by atoms with Crippen LogP contribution in [0.2, 0.25) is 0 Å². The molecule has 4 rings (SSSR count). The lowest BCUT2D eigenvalue weighted by molar-refractivity contribution is -0.119. The Bertz CT molecular complexity index is 1410. The van der Waals surface area contributed by atoms with Crippen molar-refractivity contribution >= 4 is 28.5 Å². The van der Waals surface area contributed by atoms with E-state index in [1.54, 1.807) is 36.4 Å². The van der Waals surface area contributed by atoms with Crippen LogP contribution in [0.5, 0.6) is 5.75 Å². The number of halogens is 1. The SMILES string of the molecule is Cc1cc(=O)oc2cc(OCc3ccc(C(=O)OCC(=O)Nc4cccc(F)c4)cc3)ccc12. The van der Waals surface area contributed by atoms with Gasteiger partial charge in [0.15, 0.2) is 6.61 Å². The molecule has 0 bridgehead atoms. The fourth-order valence-electron chi connectivity index (χ4n) is 3.28. The van der Waals surface area contributed by atoms with Gasteiger partial charge in [-0.15, -0.1) is 0 Å². The number of anilines is 1. The number of rotatable bonds is 7. The number of ether oxygens (including phenoxy) is 2. The van der Waals surface area contributed by atoms with E-state index in [1.165, 1.54) is 24.3 Å². The summed E-state index contributed by atoms with van der Waals surface area (Å²) in [4.78, 5) is 35.7. The number of hydrogen-bond acceptors (Lipinski definition) is 6. The second kappa shape index (κ2) is 9.99. The van der Waals surface area contributed by atoms with Gasteiger partial charge in [-0.25, -0.2) is 14.0 Å². The average molecular weight is 461 g/mol. The smallest absolute Gasteiger partial charge is 0.338 e. The Morgan fingerprint density at radius 3 is 2.56 bits per heavy atom. The summed E-state index contributed by atoms with van der Waals surface area (Å²) in [6.07, 6.45) is 0. The summed E-state index contributed by atoms with van der Waals surface area (Å²) in [5.41, 5.74) is 2.19. The molecule has 1 heterocycles. The number of hydrogen-bond donors (Lipinski definition) is 1. The molecule has 8 heteroatoms. The van der Waals surface area contributed by atoms with E-state index in [2.05, 4.69) is 5.32 Å². The van der Waals surface area contributed by atoms with Gasteiger partial charge < -0.3 is 19.2 Å². The molecule has 0 fully saturated rings. The molecule has 3 aromatic carbocycles. The summed E-state index contributed by atoms with van der Waals surface area (Å²) in [7, 11) is 0. The number of fused-ring (bicyclic) bond motifs is 1. The second-order valence-corrected chi connectivity index (χ2v) is 7.53. The van der Waals surface area contributed by atoms with E-state index in [0.29, 0.717) is 11.3 Å². The standard InChI is InChI=1S/C26H20FNO6/c1-16-11-25(30)34-23-13-21(9-10-22(16)23)32-14-17-5-7-18(8-6-17)26(31)33-15-24(29)28-20-4-2-3-19(27)12-20/h2-13H,14-15H2,1H3,(H,28,29). The number of benzene rings is 3. The van der Waals surface area contributed by atoms with Crippen molar-refractivity contribution < 1.29 is 27.9 Å². The number of carbonyl (C=O) groups excluding carboxylic acids is 2. The minimum atomic E-state index is -0.665. The largest absolute Gasteiger partial charge is 0.489 e. The maximum atomic E-state index is 13.2. The van der Waals surface area contributed by atoms with Crippen LogP contribution in [0.15, 0.2) is 82.0 Å². The summed E-state index contributed by atoms with van der Waals surface area (Å²) in [6.45, 7) is 1.56. The van der Waals surface area contributed by atoms with Crippen molar-refractivity contribution in [3.05, 3.63) is 106 Å². The van der Waals surface area contributed by atoms with Crippen molar-refractivity contribution in [1.29, 1.82) is 0 Å². The van der Waals surface area contributed by atoms with E-state index >= 15 is 0 Å². The van der Waals surface area contributed by atoms with Crippen molar-refractivity contribution in [2.75, 3.05) is 11.9 Å². The van der Waals surface area contributed by atoms with Gasteiger partial charge in [-0.3, -0.25) is 4.79 Å². The molecule has 0 spiro atoms.